The Labute approximate surface area is 348 Å². The summed E-state index contributed by atoms with van der Waals surface area (Å²) in [5.74, 6) is 0.653. The molecule has 0 spiro atoms. The summed E-state index contributed by atoms with van der Waals surface area (Å²) in [6.07, 6.45) is 0. The Bertz CT molecular complexity index is 3520. The van der Waals surface area contributed by atoms with Crippen molar-refractivity contribution in [1.82, 2.24) is 14.5 Å². The Hall–Kier alpha value is -7.62. The van der Waals surface area contributed by atoms with E-state index in [2.05, 4.69) is 219 Å². The lowest BCUT2D eigenvalue weighted by molar-refractivity contribution is 0.660. The predicted octanol–water partition coefficient (Wildman–Crippen LogP) is 14.9. The van der Waals surface area contributed by atoms with Crippen molar-refractivity contribution in [1.29, 1.82) is 0 Å². The van der Waals surface area contributed by atoms with Crippen LogP contribution in [0.3, 0.4) is 0 Å². The van der Waals surface area contributed by atoms with Gasteiger partial charge in [-0.25, -0.2) is 9.97 Å². The molecular formula is C57H39N3. The minimum Gasteiger partial charge on any atom is -0.277 e. The topological polar surface area (TPSA) is 30.7 Å². The van der Waals surface area contributed by atoms with E-state index < -0.39 is 0 Å². The predicted molar refractivity (Wildman–Crippen MR) is 251 cm³/mol. The van der Waals surface area contributed by atoms with Gasteiger partial charge in [0.15, 0.2) is 0 Å². The lowest BCUT2D eigenvalue weighted by Gasteiger charge is -2.21. The van der Waals surface area contributed by atoms with Crippen LogP contribution >= 0.6 is 0 Å². The van der Waals surface area contributed by atoms with Gasteiger partial charge in [0, 0.05) is 38.1 Å². The molecule has 0 amide bonds. The molecule has 282 valence electrons. The molecule has 11 aromatic rings. The first kappa shape index (κ1) is 34.4. The first-order valence-electron chi connectivity index (χ1n) is 20.7. The van der Waals surface area contributed by atoms with Crippen LogP contribution in [0.5, 0.6) is 0 Å². The fourth-order valence-corrected chi connectivity index (χ4v) is 9.97. The van der Waals surface area contributed by atoms with Crippen LogP contribution in [0.2, 0.25) is 0 Å². The number of para-hydroxylation sites is 2. The summed E-state index contributed by atoms with van der Waals surface area (Å²) >= 11 is 0. The second-order valence-electron chi connectivity index (χ2n) is 16.5. The van der Waals surface area contributed by atoms with Gasteiger partial charge in [0.05, 0.1) is 22.2 Å². The van der Waals surface area contributed by atoms with Gasteiger partial charge in [0.2, 0.25) is 5.95 Å². The summed E-state index contributed by atoms with van der Waals surface area (Å²) in [6, 6.07) is 72.5. The minimum absolute atomic E-state index is 0.0509. The van der Waals surface area contributed by atoms with Crippen molar-refractivity contribution in [3.05, 3.63) is 211 Å². The highest BCUT2D eigenvalue weighted by atomic mass is 15.2. The van der Waals surface area contributed by atoms with E-state index in [-0.39, 0.29) is 5.41 Å². The molecule has 9 aromatic carbocycles. The Morgan fingerprint density at radius 1 is 0.383 bits per heavy atom. The molecule has 0 saturated carbocycles. The maximum Gasteiger partial charge on any atom is 0.235 e. The largest absolute Gasteiger partial charge is 0.277 e. The minimum atomic E-state index is -0.0509. The van der Waals surface area contributed by atoms with Crippen molar-refractivity contribution in [2.24, 2.45) is 0 Å². The van der Waals surface area contributed by atoms with E-state index >= 15 is 0 Å². The molecule has 0 radical (unpaired) electrons. The number of aromatic nitrogens is 3. The molecule has 2 heterocycles. The zero-order chi connectivity index (χ0) is 40.0. The van der Waals surface area contributed by atoms with Crippen LogP contribution in [0.15, 0.2) is 200 Å². The number of nitrogens with zero attached hydrogens (tertiary/aromatic N) is 3. The molecule has 1 aliphatic carbocycles. The molecule has 0 fully saturated rings. The van der Waals surface area contributed by atoms with Crippen LogP contribution in [0, 0.1) is 0 Å². The number of hydrogen-bond acceptors (Lipinski definition) is 2. The Morgan fingerprint density at radius 2 is 0.950 bits per heavy atom. The quantitative estimate of drug-likeness (QED) is 0.175. The highest BCUT2D eigenvalue weighted by Crippen LogP contribution is 2.52. The molecule has 0 N–H and O–H groups in total. The summed E-state index contributed by atoms with van der Waals surface area (Å²) in [5, 5.41) is 5.71. The molecule has 3 heteroatoms. The summed E-state index contributed by atoms with van der Waals surface area (Å²) in [4.78, 5) is 10.8. The van der Waals surface area contributed by atoms with Crippen molar-refractivity contribution in [2.75, 3.05) is 0 Å². The van der Waals surface area contributed by atoms with E-state index in [9.17, 15) is 0 Å². The molecule has 0 aliphatic heterocycles. The molecule has 12 rings (SSSR count). The third kappa shape index (κ3) is 5.15. The first-order chi connectivity index (χ1) is 29.5. The van der Waals surface area contributed by atoms with Gasteiger partial charge in [-0.1, -0.05) is 196 Å². The molecule has 0 bridgehead atoms. The first-order valence-corrected chi connectivity index (χ1v) is 20.7. The van der Waals surface area contributed by atoms with Gasteiger partial charge >= 0.3 is 0 Å². The van der Waals surface area contributed by atoms with E-state index in [1.807, 2.05) is 0 Å². The van der Waals surface area contributed by atoms with Crippen molar-refractivity contribution < 1.29 is 0 Å². The third-order valence-electron chi connectivity index (χ3n) is 12.8. The van der Waals surface area contributed by atoms with E-state index in [4.69, 9.17) is 9.97 Å². The number of benzene rings is 9. The van der Waals surface area contributed by atoms with Gasteiger partial charge in [-0.3, -0.25) is 4.57 Å². The van der Waals surface area contributed by atoms with Crippen molar-refractivity contribution in [3.8, 4) is 61.7 Å². The fourth-order valence-electron chi connectivity index (χ4n) is 9.97. The van der Waals surface area contributed by atoms with Crippen LogP contribution in [0.4, 0.5) is 0 Å². The molecular weight excluding hydrogens is 727 g/mol. The molecule has 0 saturated heterocycles. The summed E-state index contributed by atoms with van der Waals surface area (Å²) in [7, 11) is 0. The zero-order valence-electron chi connectivity index (χ0n) is 33.4. The molecule has 0 atom stereocenters. The molecule has 1 aliphatic rings. The van der Waals surface area contributed by atoms with Gasteiger partial charge in [0.25, 0.3) is 0 Å². The van der Waals surface area contributed by atoms with Crippen molar-refractivity contribution in [3.63, 3.8) is 0 Å². The van der Waals surface area contributed by atoms with E-state index in [0.29, 0.717) is 5.95 Å². The molecule has 2 aromatic heterocycles. The van der Waals surface area contributed by atoms with E-state index in [0.717, 1.165) is 44.3 Å². The van der Waals surface area contributed by atoms with Crippen LogP contribution in [0.1, 0.15) is 25.0 Å². The van der Waals surface area contributed by atoms with Gasteiger partial charge in [0.1, 0.15) is 0 Å². The van der Waals surface area contributed by atoms with Gasteiger partial charge < -0.3 is 0 Å². The highest BCUT2D eigenvalue weighted by molar-refractivity contribution is 6.21. The SMILES string of the molecule is CC1(C)c2ccccc2-c2c(-c3cccc(-c4cccc(-c5cccc6c7ccc8ccccc8c7n(-c7nc(-c8ccccc8)c8ccccc8n7)c56)c4)c3)cccc21. The van der Waals surface area contributed by atoms with E-state index in [1.54, 1.807) is 0 Å². The lowest BCUT2D eigenvalue weighted by Crippen LogP contribution is -2.14. The average Bonchev–Trinajstić information content (AvgIpc) is 3.78. The smallest absolute Gasteiger partial charge is 0.235 e. The highest BCUT2D eigenvalue weighted by Gasteiger charge is 2.36. The van der Waals surface area contributed by atoms with Gasteiger partial charge in [-0.05, 0) is 73.7 Å². The van der Waals surface area contributed by atoms with Gasteiger partial charge in [-0.2, -0.15) is 0 Å². The zero-order valence-corrected chi connectivity index (χ0v) is 33.4. The van der Waals surface area contributed by atoms with Crippen molar-refractivity contribution in [2.45, 2.75) is 19.3 Å². The number of hydrogen-bond donors (Lipinski definition) is 0. The van der Waals surface area contributed by atoms with Crippen LogP contribution in [0.25, 0.3) is 105 Å². The lowest BCUT2D eigenvalue weighted by atomic mass is 9.82. The van der Waals surface area contributed by atoms with Crippen LogP contribution < -0.4 is 0 Å². The molecule has 60 heavy (non-hydrogen) atoms. The van der Waals surface area contributed by atoms with Crippen molar-refractivity contribution >= 4 is 43.5 Å². The number of fused-ring (bicyclic) bond motifs is 9. The third-order valence-corrected chi connectivity index (χ3v) is 12.8. The van der Waals surface area contributed by atoms with Gasteiger partial charge in [-0.15, -0.1) is 0 Å². The second kappa shape index (κ2) is 13.2. The Morgan fingerprint density at radius 3 is 1.78 bits per heavy atom. The Balaban J connectivity index is 1.07. The monoisotopic (exact) mass is 765 g/mol. The normalized spacial score (nSPS) is 13.0. The average molecular weight is 766 g/mol. The van der Waals surface area contributed by atoms with E-state index in [1.165, 1.54) is 66.1 Å². The number of rotatable bonds is 5. The maximum atomic E-state index is 5.46. The summed E-state index contributed by atoms with van der Waals surface area (Å²) < 4.78 is 2.32. The summed E-state index contributed by atoms with van der Waals surface area (Å²) in [5.41, 5.74) is 17.6. The summed E-state index contributed by atoms with van der Waals surface area (Å²) in [6.45, 7) is 4.69. The molecule has 0 unspecified atom stereocenters. The molecule has 3 nitrogen and oxygen atoms in total. The second-order valence-corrected chi connectivity index (χ2v) is 16.5. The van der Waals surface area contributed by atoms with Crippen LogP contribution in [-0.4, -0.2) is 14.5 Å². The maximum absolute atomic E-state index is 5.46. The van der Waals surface area contributed by atoms with Crippen LogP contribution in [-0.2, 0) is 5.41 Å². The standard InChI is InChI=1S/C57H39N3/c1-57(2)49-29-10-8-24-47(49)52-42(26-15-30-50(52)57)40-21-12-19-38(34-40)39-20-13-22-41(35-39)44-27-14-28-45-46-33-32-36-16-6-7-23-43(36)54(46)60(55(44)45)56-58-51-31-11-9-25-48(51)53(59-56)37-17-4-3-5-18-37/h3-35H,1-2H3. The Kier molecular flexibility index (Phi) is 7.58. The fraction of sp³-hybridized carbons (Fsp3) is 0.0526.